The zero-order valence-electron chi connectivity index (χ0n) is 10.9. The van der Waals surface area contributed by atoms with E-state index in [9.17, 15) is 4.39 Å². The van der Waals surface area contributed by atoms with E-state index in [-0.39, 0.29) is 18.3 Å². The first-order valence-electron chi connectivity index (χ1n) is 6.61. The number of amidine groups is 1. The zero-order chi connectivity index (χ0) is 13.8. The Balaban J connectivity index is 2.15. The largest absolute Gasteiger partial charge is 0.396 e. The molecule has 0 aliphatic carbocycles. The van der Waals surface area contributed by atoms with Crippen LogP contribution in [0.4, 0.5) is 10.1 Å². The van der Waals surface area contributed by atoms with Crippen molar-refractivity contribution in [2.45, 2.75) is 19.3 Å². The van der Waals surface area contributed by atoms with Crippen molar-refractivity contribution in [1.82, 2.24) is 0 Å². The minimum absolute atomic E-state index is 0.123. The van der Waals surface area contributed by atoms with Crippen LogP contribution in [0.2, 0.25) is 0 Å². The molecule has 0 aromatic heterocycles. The van der Waals surface area contributed by atoms with Gasteiger partial charge in [0.25, 0.3) is 0 Å². The number of anilines is 1. The Morgan fingerprint density at radius 3 is 2.95 bits per heavy atom. The third-order valence-electron chi connectivity index (χ3n) is 3.66. The molecule has 1 heterocycles. The zero-order valence-corrected chi connectivity index (χ0v) is 10.9. The molecule has 0 saturated carbocycles. The number of nitrogens with two attached hydrogens (primary N) is 1. The number of nitrogen functional groups attached to an aromatic ring is 1. The van der Waals surface area contributed by atoms with Crippen molar-refractivity contribution in [2.24, 2.45) is 11.7 Å². The standard InChI is InChI=1S/C14H20FN3O/c15-12-8-11(14(16)17)3-4-13(12)18-6-1-2-10(9-18)5-7-19/h3-4,8,10,19H,1-2,5-7,9H2,(H3,16,17). The summed E-state index contributed by atoms with van der Waals surface area (Å²) in [5, 5.41) is 16.3. The molecule has 19 heavy (non-hydrogen) atoms. The third-order valence-corrected chi connectivity index (χ3v) is 3.66. The highest BCUT2D eigenvalue weighted by atomic mass is 19.1. The van der Waals surface area contributed by atoms with Crippen molar-refractivity contribution in [1.29, 1.82) is 5.41 Å². The van der Waals surface area contributed by atoms with Crippen LogP contribution in [0.1, 0.15) is 24.8 Å². The SMILES string of the molecule is N=C(N)c1ccc(N2CCCC(CCO)C2)c(F)c1. The lowest BCUT2D eigenvalue weighted by molar-refractivity contribution is 0.244. The number of nitrogens with one attached hydrogen (secondary N) is 1. The minimum Gasteiger partial charge on any atom is -0.396 e. The summed E-state index contributed by atoms with van der Waals surface area (Å²) in [6, 6.07) is 4.68. The number of hydrogen-bond donors (Lipinski definition) is 3. The lowest BCUT2D eigenvalue weighted by atomic mass is 9.94. The Labute approximate surface area is 112 Å². The van der Waals surface area contributed by atoms with Crippen LogP contribution in [0.3, 0.4) is 0 Å². The molecule has 1 aromatic carbocycles. The van der Waals surface area contributed by atoms with Gasteiger partial charge in [-0.3, -0.25) is 5.41 Å². The minimum atomic E-state index is -0.336. The highest BCUT2D eigenvalue weighted by Crippen LogP contribution is 2.27. The van der Waals surface area contributed by atoms with E-state index >= 15 is 0 Å². The van der Waals surface area contributed by atoms with E-state index in [0.717, 1.165) is 32.4 Å². The quantitative estimate of drug-likeness (QED) is 0.573. The highest BCUT2D eigenvalue weighted by molar-refractivity contribution is 5.95. The molecule has 1 aromatic rings. The number of piperidine rings is 1. The number of aliphatic hydroxyl groups excluding tert-OH is 1. The Bertz CT molecular complexity index is 462. The maximum atomic E-state index is 14.1. The molecule has 1 atom stereocenters. The predicted molar refractivity (Wildman–Crippen MR) is 74.1 cm³/mol. The maximum Gasteiger partial charge on any atom is 0.147 e. The van der Waals surface area contributed by atoms with Crippen LogP contribution in [-0.2, 0) is 0 Å². The van der Waals surface area contributed by atoms with Gasteiger partial charge in [-0.1, -0.05) is 0 Å². The Hall–Kier alpha value is -1.62. The van der Waals surface area contributed by atoms with Gasteiger partial charge in [0.05, 0.1) is 5.69 Å². The summed E-state index contributed by atoms with van der Waals surface area (Å²) in [6.45, 7) is 1.79. The van der Waals surface area contributed by atoms with Gasteiger partial charge in [0.15, 0.2) is 0 Å². The van der Waals surface area contributed by atoms with Crippen molar-refractivity contribution >= 4 is 11.5 Å². The van der Waals surface area contributed by atoms with Crippen LogP contribution in [-0.4, -0.2) is 30.6 Å². The Kier molecular flexibility index (Phi) is 4.37. The molecule has 4 nitrogen and oxygen atoms in total. The normalized spacial score (nSPS) is 19.5. The first kappa shape index (κ1) is 13.8. The summed E-state index contributed by atoms with van der Waals surface area (Å²) in [4.78, 5) is 2.02. The number of nitrogens with zero attached hydrogens (tertiary/aromatic N) is 1. The molecule has 1 saturated heterocycles. The Morgan fingerprint density at radius 1 is 1.53 bits per heavy atom. The fourth-order valence-corrected chi connectivity index (χ4v) is 2.63. The molecule has 1 aliphatic heterocycles. The first-order chi connectivity index (χ1) is 9.11. The van der Waals surface area contributed by atoms with Crippen molar-refractivity contribution < 1.29 is 9.50 Å². The van der Waals surface area contributed by atoms with Crippen molar-refractivity contribution in [3.63, 3.8) is 0 Å². The summed E-state index contributed by atoms with van der Waals surface area (Å²) in [5.41, 5.74) is 6.32. The molecule has 0 spiro atoms. The van der Waals surface area contributed by atoms with E-state index < -0.39 is 0 Å². The number of rotatable bonds is 4. The average Bonchev–Trinajstić information content (AvgIpc) is 2.39. The molecule has 1 unspecified atom stereocenters. The number of aliphatic hydroxyl groups is 1. The molecule has 104 valence electrons. The summed E-state index contributed by atoms with van der Waals surface area (Å²) in [5.74, 6) is -0.0368. The second-order valence-corrected chi connectivity index (χ2v) is 5.05. The van der Waals surface area contributed by atoms with Crippen LogP contribution < -0.4 is 10.6 Å². The predicted octanol–water partition coefficient (Wildman–Crippen LogP) is 1.71. The van der Waals surface area contributed by atoms with E-state index in [1.807, 2.05) is 4.90 Å². The van der Waals surface area contributed by atoms with E-state index in [0.29, 0.717) is 17.2 Å². The van der Waals surface area contributed by atoms with Crippen molar-refractivity contribution in [3.8, 4) is 0 Å². The smallest absolute Gasteiger partial charge is 0.147 e. The monoisotopic (exact) mass is 265 g/mol. The lowest BCUT2D eigenvalue weighted by Crippen LogP contribution is -2.36. The number of halogens is 1. The fraction of sp³-hybridized carbons (Fsp3) is 0.500. The summed E-state index contributed by atoms with van der Waals surface area (Å²) in [7, 11) is 0. The molecule has 5 heteroatoms. The van der Waals surface area contributed by atoms with Crippen LogP contribution in [0, 0.1) is 17.1 Å². The van der Waals surface area contributed by atoms with Crippen LogP contribution in [0.25, 0.3) is 0 Å². The topological polar surface area (TPSA) is 73.3 Å². The molecule has 2 rings (SSSR count). The average molecular weight is 265 g/mol. The van der Waals surface area contributed by atoms with Crippen LogP contribution in [0.15, 0.2) is 18.2 Å². The van der Waals surface area contributed by atoms with Gasteiger partial charge in [-0.05, 0) is 43.4 Å². The highest BCUT2D eigenvalue weighted by Gasteiger charge is 2.21. The van der Waals surface area contributed by atoms with Gasteiger partial charge in [0.1, 0.15) is 11.7 Å². The number of benzene rings is 1. The van der Waals surface area contributed by atoms with E-state index in [2.05, 4.69) is 0 Å². The Morgan fingerprint density at radius 2 is 2.32 bits per heavy atom. The van der Waals surface area contributed by atoms with Gasteiger partial charge in [-0.15, -0.1) is 0 Å². The molecular formula is C14H20FN3O. The van der Waals surface area contributed by atoms with Crippen LogP contribution in [0.5, 0.6) is 0 Å². The molecule has 4 N–H and O–H groups in total. The van der Waals surface area contributed by atoms with Gasteiger partial charge in [-0.2, -0.15) is 0 Å². The van der Waals surface area contributed by atoms with Gasteiger partial charge in [-0.25, -0.2) is 4.39 Å². The van der Waals surface area contributed by atoms with Crippen molar-refractivity contribution in [3.05, 3.63) is 29.6 Å². The lowest BCUT2D eigenvalue weighted by Gasteiger charge is -2.34. The van der Waals surface area contributed by atoms with Gasteiger partial charge >= 0.3 is 0 Å². The third kappa shape index (κ3) is 3.23. The molecule has 0 amide bonds. The molecule has 1 fully saturated rings. The molecule has 0 radical (unpaired) electrons. The van der Waals surface area contributed by atoms with E-state index in [4.69, 9.17) is 16.2 Å². The summed E-state index contributed by atoms with van der Waals surface area (Å²) < 4.78 is 14.1. The summed E-state index contributed by atoms with van der Waals surface area (Å²) >= 11 is 0. The maximum absolute atomic E-state index is 14.1. The summed E-state index contributed by atoms with van der Waals surface area (Å²) in [6.07, 6.45) is 2.87. The second kappa shape index (κ2) is 6.02. The van der Waals surface area contributed by atoms with Gasteiger partial charge < -0.3 is 15.7 Å². The number of hydrogen-bond acceptors (Lipinski definition) is 3. The van der Waals surface area contributed by atoms with Gasteiger partial charge in [0.2, 0.25) is 0 Å². The fourth-order valence-electron chi connectivity index (χ4n) is 2.63. The second-order valence-electron chi connectivity index (χ2n) is 5.05. The van der Waals surface area contributed by atoms with E-state index in [1.165, 1.54) is 6.07 Å². The van der Waals surface area contributed by atoms with Crippen molar-refractivity contribution in [2.75, 3.05) is 24.6 Å². The molecular weight excluding hydrogens is 245 g/mol. The van der Waals surface area contributed by atoms with Gasteiger partial charge in [0, 0.05) is 25.3 Å². The first-order valence-corrected chi connectivity index (χ1v) is 6.61. The molecule has 0 bridgehead atoms. The van der Waals surface area contributed by atoms with Crippen LogP contribution >= 0.6 is 0 Å². The molecule has 1 aliphatic rings. The van der Waals surface area contributed by atoms with E-state index in [1.54, 1.807) is 12.1 Å².